The summed E-state index contributed by atoms with van der Waals surface area (Å²) in [6.07, 6.45) is 0. The van der Waals surface area contributed by atoms with E-state index in [4.69, 9.17) is 27.9 Å². The van der Waals surface area contributed by atoms with Gasteiger partial charge in [-0.05, 0) is 59.3 Å². The Morgan fingerprint density at radius 2 is 1.66 bits per heavy atom. The zero-order valence-corrected chi connectivity index (χ0v) is 16.5. The van der Waals surface area contributed by atoms with Crippen LogP contribution in [0.5, 0.6) is 17.2 Å². The number of carbonyl (C=O) groups is 1. The smallest absolute Gasteiger partial charge is 0.259 e. The van der Waals surface area contributed by atoms with Crippen LogP contribution >= 0.6 is 23.2 Å². The largest absolute Gasteiger partial charge is 0.507 e. The average Bonchev–Trinajstić information content (AvgIpc) is 2.71. The minimum atomic E-state index is -0.496. The summed E-state index contributed by atoms with van der Waals surface area (Å²) in [4.78, 5) is 12.4. The number of anilines is 1. The fourth-order valence-corrected chi connectivity index (χ4v) is 3.30. The summed E-state index contributed by atoms with van der Waals surface area (Å²) in [6.45, 7) is 0. The number of phenols is 1. The summed E-state index contributed by atoms with van der Waals surface area (Å²) >= 11 is 12.2. The first-order valence-corrected chi connectivity index (χ1v) is 9.51. The lowest BCUT2D eigenvalue weighted by atomic mass is 10.1. The van der Waals surface area contributed by atoms with E-state index in [1.165, 1.54) is 18.2 Å². The topological polar surface area (TPSA) is 58.6 Å². The van der Waals surface area contributed by atoms with Gasteiger partial charge in [-0.1, -0.05) is 53.5 Å². The van der Waals surface area contributed by atoms with Crippen LogP contribution in [0, 0.1) is 0 Å². The molecule has 0 aliphatic rings. The van der Waals surface area contributed by atoms with Gasteiger partial charge in [-0.25, -0.2) is 0 Å². The van der Waals surface area contributed by atoms with Crippen molar-refractivity contribution in [3.05, 3.63) is 94.5 Å². The maximum Gasteiger partial charge on any atom is 0.259 e. The number of aromatic hydroxyl groups is 1. The van der Waals surface area contributed by atoms with Crippen molar-refractivity contribution in [2.75, 3.05) is 5.32 Å². The van der Waals surface area contributed by atoms with Gasteiger partial charge in [0, 0.05) is 10.7 Å². The predicted molar refractivity (Wildman–Crippen MR) is 117 cm³/mol. The van der Waals surface area contributed by atoms with E-state index < -0.39 is 5.91 Å². The minimum absolute atomic E-state index is 0.0742. The monoisotopic (exact) mass is 423 g/mol. The molecule has 0 heterocycles. The van der Waals surface area contributed by atoms with E-state index in [0.29, 0.717) is 27.2 Å². The van der Waals surface area contributed by atoms with Gasteiger partial charge in [0.25, 0.3) is 5.91 Å². The maximum absolute atomic E-state index is 12.4. The van der Waals surface area contributed by atoms with Gasteiger partial charge in [-0.3, -0.25) is 4.79 Å². The number of hydrogen-bond acceptors (Lipinski definition) is 3. The first-order chi connectivity index (χ1) is 14.0. The Balaban J connectivity index is 1.52. The molecule has 0 aromatic heterocycles. The van der Waals surface area contributed by atoms with E-state index in [-0.39, 0.29) is 11.3 Å². The summed E-state index contributed by atoms with van der Waals surface area (Å²) in [7, 11) is 0. The fourth-order valence-electron chi connectivity index (χ4n) is 2.91. The number of hydrogen-bond donors (Lipinski definition) is 2. The van der Waals surface area contributed by atoms with Crippen LogP contribution in [0.3, 0.4) is 0 Å². The van der Waals surface area contributed by atoms with Gasteiger partial charge in [-0.2, -0.15) is 0 Å². The van der Waals surface area contributed by atoms with Crippen LogP contribution in [-0.2, 0) is 0 Å². The highest BCUT2D eigenvalue weighted by Crippen LogP contribution is 2.33. The molecule has 4 nitrogen and oxygen atoms in total. The molecule has 0 saturated heterocycles. The van der Waals surface area contributed by atoms with Crippen LogP contribution in [0.1, 0.15) is 10.4 Å². The van der Waals surface area contributed by atoms with Crippen LogP contribution < -0.4 is 10.1 Å². The number of nitrogens with one attached hydrogen (secondary N) is 1. The van der Waals surface area contributed by atoms with Crippen molar-refractivity contribution < 1.29 is 14.6 Å². The van der Waals surface area contributed by atoms with Gasteiger partial charge < -0.3 is 15.2 Å². The Kier molecular flexibility index (Phi) is 5.30. The molecule has 144 valence electrons. The fraction of sp³-hybridized carbons (Fsp3) is 0. The third-order valence-electron chi connectivity index (χ3n) is 4.34. The summed E-state index contributed by atoms with van der Waals surface area (Å²) in [5.41, 5.74) is 0.537. The summed E-state index contributed by atoms with van der Waals surface area (Å²) < 4.78 is 5.89. The Morgan fingerprint density at radius 1 is 0.862 bits per heavy atom. The molecule has 0 radical (unpaired) electrons. The Bertz CT molecular complexity index is 1220. The lowest BCUT2D eigenvalue weighted by molar-refractivity contribution is 0.102. The Labute approximate surface area is 177 Å². The molecule has 0 atom stereocenters. The average molecular weight is 424 g/mol. The summed E-state index contributed by atoms with van der Waals surface area (Å²) in [6, 6.07) is 23.0. The second kappa shape index (κ2) is 8.03. The van der Waals surface area contributed by atoms with Crippen LogP contribution in [-0.4, -0.2) is 11.0 Å². The van der Waals surface area contributed by atoms with E-state index in [1.807, 2.05) is 42.5 Å². The second-order valence-corrected chi connectivity index (χ2v) is 7.22. The van der Waals surface area contributed by atoms with Gasteiger partial charge in [0.2, 0.25) is 0 Å². The highest BCUT2D eigenvalue weighted by atomic mass is 35.5. The molecule has 4 aromatic carbocycles. The molecule has 6 heteroatoms. The zero-order valence-electron chi connectivity index (χ0n) is 15.0. The van der Waals surface area contributed by atoms with Crippen molar-refractivity contribution in [1.82, 2.24) is 0 Å². The van der Waals surface area contributed by atoms with Gasteiger partial charge in [-0.15, -0.1) is 0 Å². The molecule has 0 saturated carbocycles. The van der Waals surface area contributed by atoms with Crippen molar-refractivity contribution in [2.24, 2.45) is 0 Å². The third kappa shape index (κ3) is 4.29. The predicted octanol–water partition coefficient (Wildman–Crippen LogP) is 6.90. The first-order valence-electron chi connectivity index (χ1n) is 8.76. The van der Waals surface area contributed by atoms with Crippen LogP contribution in [0.25, 0.3) is 10.8 Å². The summed E-state index contributed by atoms with van der Waals surface area (Å²) in [5, 5.41) is 15.4. The van der Waals surface area contributed by atoms with Gasteiger partial charge >= 0.3 is 0 Å². The highest BCUT2D eigenvalue weighted by molar-refractivity contribution is 6.32. The van der Waals surface area contributed by atoms with Crippen molar-refractivity contribution in [3.8, 4) is 17.2 Å². The zero-order chi connectivity index (χ0) is 20.4. The lowest BCUT2D eigenvalue weighted by Crippen LogP contribution is -2.12. The Hall–Kier alpha value is -3.21. The number of phenolic OH excluding ortho intramolecular Hbond substituents is 1. The van der Waals surface area contributed by atoms with E-state index in [2.05, 4.69) is 5.32 Å². The number of carbonyl (C=O) groups excluding carboxylic acids is 1. The molecule has 4 aromatic rings. The van der Waals surface area contributed by atoms with Crippen LogP contribution in [0.2, 0.25) is 10.0 Å². The molecule has 0 fully saturated rings. The van der Waals surface area contributed by atoms with Crippen LogP contribution in [0.4, 0.5) is 5.69 Å². The molecule has 2 N–H and O–H groups in total. The number of halogens is 2. The number of amides is 1. The standard InChI is InChI=1S/C23H15Cl2NO3/c24-16-6-9-21(27)19(12-16)23(28)26-17-7-10-22(20(25)13-17)29-18-8-5-14-3-1-2-4-15(14)11-18/h1-13,27H,(H,26,28). The molecule has 0 spiro atoms. The van der Waals surface area contributed by atoms with Crippen molar-refractivity contribution >= 4 is 45.6 Å². The van der Waals surface area contributed by atoms with Crippen LogP contribution in [0.15, 0.2) is 78.9 Å². The first kappa shape index (κ1) is 19.1. The maximum atomic E-state index is 12.4. The number of fused-ring (bicyclic) bond motifs is 1. The van der Waals surface area contributed by atoms with Crippen molar-refractivity contribution in [3.63, 3.8) is 0 Å². The molecule has 4 rings (SSSR count). The molecule has 29 heavy (non-hydrogen) atoms. The molecule has 1 amide bonds. The Morgan fingerprint density at radius 3 is 2.45 bits per heavy atom. The number of benzene rings is 4. The molecule has 0 bridgehead atoms. The number of ether oxygens (including phenoxy) is 1. The van der Waals surface area contributed by atoms with Gasteiger partial charge in [0.05, 0.1) is 10.6 Å². The van der Waals surface area contributed by atoms with E-state index in [1.54, 1.807) is 18.2 Å². The minimum Gasteiger partial charge on any atom is -0.507 e. The number of rotatable bonds is 4. The molecule has 0 aliphatic carbocycles. The SMILES string of the molecule is O=C(Nc1ccc(Oc2ccc3ccccc3c2)c(Cl)c1)c1cc(Cl)ccc1O. The second-order valence-electron chi connectivity index (χ2n) is 6.37. The lowest BCUT2D eigenvalue weighted by Gasteiger charge is -2.11. The third-order valence-corrected chi connectivity index (χ3v) is 4.87. The normalized spacial score (nSPS) is 10.7. The highest BCUT2D eigenvalue weighted by Gasteiger charge is 2.13. The quantitative estimate of drug-likeness (QED) is 0.375. The van der Waals surface area contributed by atoms with E-state index in [0.717, 1.165) is 10.8 Å². The molecular weight excluding hydrogens is 409 g/mol. The van der Waals surface area contributed by atoms with E-state index >= 15 is 0 Å². The van der Waals surface area contributed by atoms with Gasteiger partial charge in [0.1, 0.15) is 17.2 Å². The van der Waals surface area contributed by atoms with Crippen molar-refractivity contribution in [1.29, 1.82) is 0 Å². The summed E-state index contributed by atoms with van der Waals surface area (Å²) in [5.74, 6) is 0.468. The molecule has 0 aliphatic heterocycles. The molecule has 0 unspecified atom stereocenters. The molecular formula is C23H15Cl2NO3. The van der Waals surface area contributed by atoms with E-state index in [9.17, 15) is 9.90 Å². The van der Waals surface area contributed by atoms with Gasteiger partial charge in [0.15, 0.2) is 0 Å². The van der Waals surface area contributed by atoms with Crippen molar-refractivity contribution in [2.45, 2.75) is 0 Å².